The second-order valence-electron chi connectivity index (χ2n) is 12.3. The highest BCUT2D eigenvalue weighted by molar-refractivity contribution is 5.89. The van der Waals surface area contributed by atoms with Gasteiger partial charge in [-0.05, 0) is 108 Å². The van der Waals surface area contributed by atoms with E-state index in [1.165, 1.54) is 31.4 Å². The number of aliphatic hydroxyl groups excluding tert-OH is 1. The van der Waals surface area contributed by atoms with E-state index in [2.05, 4.69) is 4.74 Å². The molecule has 0 aliphatic rings. The van der Waals surface area contributed by atoms with Crippen molar-refractivity contribution in [2.24, 2.45) is 0 Å². The monoisotopic (exact) mass is 722 g/mol. The number of benzene rings is 5. The van der Waals surface area contributed by atoms with Crippen LogP contribution in [-0.4, -0.2) is 30.4 Å². The highest BCUT2D eigenvalue weighted by Crippen LogP contribution is 2.32. The van der Waals surface area contributed by atoms with Crippen molar-refractivity contribution in [2.45, 2.75) is 64.1 Å². The van der Waals surface area contributed by atoms with Crippen LogP contribution in [0.5, 0.6) is 5.75 Å². The third-order valence-electron chi connectivity index (χ3n) is 8.35. The number of hydrogen-bond acceptors (Lipinski definition) is 4. The van der Waals surface area contributed by atoms with Gasteiger partial charge in [0.2, 0.25) is 0 Å². The molecule has 5 aromatic rings. The van der Waals surface area contributed by atoms with Crippen molar-refractivity contribution >= 4 is 5.97 Å². The van der Waals surface area contributed by atoms with E-state index in [4.69, 9.17) is 4.74 Å². The van der Waals surface area contributed by atoms with Crippen molar-refractivity contribution in [3.05, 3.63) is 149 Å². The van der Waals surface area contributed by atoms with Gasteiger partial charge in [-0.3, -0.25) is 0 Å². The molecule has 0 bridgehead atoms. The molecule has 0 saturated heterocycles. The molecule has 0 saturated carbocycles. The topological polar surface area (TPSA) is 55.8 Å². The summed E-state index contributed by atoms with van der Waals surface area (Å²) in [5.41, 5.74) is 4.55. The van der Waals surface area contributed by atoms with Gasteiger partial charge in [0, 0.05) is 6.42 Å². The van der Waals surface area contributed by atoms with Gasteiger partial charge < -0.3 is 14.6 Å². The smallest absolute Gasteiger partial charge is 0.416 e. The average molecular weight is 723 g/mol. The summed E-state index contributed by atoms with van der Waals surface area (Å²) in [6, 6.07) is 32.5. The van der Waals surface area contributed by atoms with E-state index in [1.807, 2.05) is 55.5 Å². The Morgan fingerprint density at radius 3 is 1.40 bits per heavy atom. The van der Waals surface area contributed by atoms with E-state index in [9.17, 15) is 36.2 Å². The number of alkyl halides is 6. The van der Waals surface area contributed by atoms with Gasteiger partial charge in [0.1, 0.15) is 11.9 Å². The van der Waals surface area contributed by atoms with Gasteiger partial charge in [0.05, 0.1) is 29.9 Å². The number of aryl methyl sites for hydroxylation is 1. The van der Waals surface area contributed by atoms with E-state index in [0.717, 1.165) is 70.5 Å². The molecule has 2 unspecified atom stereocenters. The molecule has 2 atom stereocenters. The van der Waals surface area contributed by atoms with Crippen molar-refractivity contribution in [1.82, 2.24) is 0 Å². The zero-order valence-electron chi connectivity index (χ0n) is 29.0. The summed E-state index contributed by atoms with van der Waals surface area (Å²) >= 11 is 0. The van der Waals surface area contributed by atoms with Gasteiger partial charge in [-0.25, -0.2) is 4.79 Å². The lowest BCUT2D eigenvalue weighted by molar-refractivity contribution is -0.138. The number of ether oxygens (including phenoxy) is 2. The first-order valence-corrected chi connectivity index (χ1v) is 16.7. The van der Waals surface area contributed by atoms with Crippen LogP contribution in [0.15, 0.2) is 121 Å². The van der Waals surface area contributed by atoms with Crippen LogP contribution in [0.4, 0.5) is 26.3 Å². The molecule has 0 heterocycles. The molecule has 0 aliphatic heterocycles. The first-order chi connectivity index (χ1) is 24.7. The predicted octanol–water partition coefficient (Wildman–Crippen LogP) is 11.2. The largest absolute Gasteiger partial charge is 0.490 e. The Kier molecular flexibility index (Phi) is 13.7. The number of aliphatic hydroxyl groups is 1. The van der Waals surface area contributed by atoms with E-state index < -0.39 is 29.4 Å². The number of esters is 1. The normalized spacial score (nSPS) is 12.7. The van der Waals surface area contributed by atoms with E-state index in [1.54, 1.807) is 31.2 Å². The fourth-order valence-corrected chi connectivity index (χ4v) is 5.29. The molecule has 0 aliphatic carbocycles. The molecule has 0 radical (unpaired) electrons. The second-order valence-corrected chi connectivity index (χ2v) is 12.3. The first kappa shape index (κ1) is 39.7. The molecule has 274 valence electrons. The number of carbonyl (C=O) groups is 1. The predicted molar refractivity (Wildman–Crippen MR) is 190 cm³/mol. The minimum absolute atomic E-state index is 0.0547. The number of methoxy groups -OCH3 is 1. The fourth-order valence-electron chi connectivity index (χ4n) is 5.29. The lowest BCUT2D eigenvalue weighted by atomic mass is 10.00. The van der Waals surface area contributed by atoms with Crippen LogP contribution in [0.2, 0.25) is 0 Å². The van der Waals surface area contributed by atoms with Gasteiger partial charge in [0.15, 0.2) is 0 Å². The molecule has 1 N–H and O–H groups in total. The highest BCUT2D eigenvalue weighted by Gasteiger charge is 2.30. The average Bonchev–Trinajstić information content (AvgIpc) is 3.14. The third kappa shape index (κ3) is 11.7. The minimum atomic E-state index is -4.34. The maximum atomic E-state index is 12.7. The maximum absolute atomic E-state index is 12.7. The molecule has 10 heteroatoms. The van der Waals surface area contributed by atoms with Gasteiger partial charge in [0.25, 0.3) is 0 Å². The molecular formula is C42H40F6O4. The highest BCUT2D eigenvalue weighted by atomic mass is 19.4. The summed E-state index contributed by atoms with van der Waals surface area (Å²) < 4.78 is 86.4. The Morgan fingerprint density at radius 2 is 1.04 bits per heavy atom. The summed E-state index contributed by atoms with van der Waals surface area (Å²) in [5.74, 6) is 0.271. The molecule has 52 heavy (non-hydrogen) atoms. The van der Waals surface area contributed by atoms with Gasteiger partial charge in [-0.1, -0.05) is 79.7 Å². The molecule has 0 spiro atoms. The minimum Gasteiger partial charge on any atom is -0.490 e. The summed E-state index contributed by atoms with van der Waals surface area (Å²) in [4.78, 5) is 11.5. The van der Waals surface area contributed by atoms with E-state index in [-0.39, 0.29) is 12.2 Å². The Hall–Kier alpha value is -5.09. The summed E-state index contributed by atoms with van der Waals surface area (Å²) in [7, 11) is 1.34. The maximum Gasteiger partial charge on any atom is 0.416 e. The van der Waals surface area contributed by atoms with Crippen molar-refractivity contribution in [3.8, 4) is 28.0 Å². The molecular weight excluding hydrogens is 682 g/mol. The second kappa shape index (κ2) is 17.9. The first-order valence-electron chi connectivity index (χ1n) is 16.7. The Labute approximate surface area is 299 Å². The Balaban J connectivity index is 0.000000251. The van der Waals surface area contributed by atoms with Crippen LogP contribution in [0.25, 0.3) is 22.3 Å². The SMILES string of the molecule is CC(O)CCc1ccc(-c2ccc(C(F)(F)F)cc2)cc1.CCC(Cc1ccc(-c2ccc(C(F)(F)F)cc2)cc1)Oc1ccc(C(=O)OC)cc1. The lowest BCUT2D eigenvalue weighted by Crippen LogP contribution is -2.18. The van der Waals surface area contributed by atoms with Gasteiger partial charge >= 0.3 is 18.3 Å². The van der Waals surface area contributed by atoms with Crippen LogP contribution in [0.1, 0.15) is 59.3 Å². The van der Waals surface area contributed by atoms with Crippen LogP contribution in [0.3, 0.4) is 0 Å². The molecule has 0 fully saturated rings. The van der Waals surface area contributed by atoms with E-state index in [0.29, 0.717) is 24.2 Å². The van der Waals surface area contributed by atoms with Crippen LogP contribution in [-0.2, 0) is 29.9 Å². The van der Waals surface area contributed by atoms with Crippen LogP contribution in [0, 0.1) is 0 Å². The van der Waals surface area contributed by atoms with Crippen LogP contribution >= 0.6 is 0 Å². The van der Waals surface area contributed by atoms with Gasteiger partial charge in [-0.15, -0.1) is 0 Å². The standard InChI is InChI=1S/C25H23F3O3.C17H17F3O/c1-3-22(31-23-14-10-20(11-15-23)24(29)30-2)16-17-4-6-18(7-5-17)19-8-12-21(13-9-19)25(26,27)28;1-12(21)2-3-13-4-6-14(7-5-13)15-8-10-16(11-9-15)17(18,19)20/h4-15,22H,3,16H2,1-2H3;4-12,21H,2-3H2,1H3. The van der Waals surface area contributed by atoms with Crippen LogP contribution < -0.4 is 4.74 Å². The van der Waals surface area contributed by atoms with Gasteiger partial charge in [-0.2, -0.15) is 26.3 Å². The summed E-state index contributed by atoms with van der Waals surface area (Å²) in [6.07, 6.45) is -6.08. The molecule has 5 rings (SSSR count). The zero-order chi connectivity index (χ0) is 37.9. The molecule has 0 aromatic heterocycles. The van der Waals surface area contributed by atoms with Crippen molar-refractivity contribution in [1.29, 1.82) is 0 Å². The molecule has 4 nitrogen and oxygen atoms in total. The van der Waals surface area contributed by atoms with Crippen molar-refractivity contribution < 1.29 is 45.7 Å². The number of carbonyl (C=O) groups excluding carboxylic acids is 1. The zero-order valence-corrected chi connectivity index (χ0v) is 29.0. The fraction of sp³-hybridized carbons (Fsp3) is 0.262. The molecule has 0 amide bonds. The Morgan fingerprint density at radius 1 is 0.635 bits per heavy atom. The van der Waals surface area contributed by atoms with Crippen molar-refractivity contribution in [3.63, 3.8) is 0 Å². The molecule has 5 aromatic carbocycles. The third-order valence-corrected chi connectivity index (χ3v) is 8.35. The van der Waals surface area contributed by atoms with E-state index >= 15 is 0 Å². The summed E-state index contributed by atoms with van der Waals surface area (Å²) in [6.45, 7) is 3.78. The Bertz CT molecular complexity index is 1830. The number of rotatable bonds is 11. The number of halogens is 6. The lowest BCUT2D eigenvalue weighted by Gasteiger charge is -2.18. The van der Waals surface area contributed by atoms with Crippen molar-refractivity contribution in [2.75, 3.05) is 7.11 Å². The number of hydrogen-bond donors (Lipinski definition) is 1. The quantitative estimate of drug-likeness (QED) is 0.109. The summed E-state index contributed by atoms with van der Waals surface area (Å²) in [5, 5.41) is 9.25.